The summed E-state index contributed by atoms with van der Waals surface area (Å²) in [5, 5.41) is 0. The maximum atomic E-state index is 13.5. The van der Waals surface area contributed by atoms with Gasteiger partial charge in [-0.25, -0.2) is 4.79 Å². The lowest BCUT2D eigenvalue weighted by atomic mass is 9.79. The van der Waals surface area contributed by atoms with Crippen molar-refractivity contribution in [3.63, 3.8) is 0 Å². The van der Waals surface area contributed by atoms with Crippen LogP contribution in [0, 0.1) is 11.8 Å². The van der Waals surface area contributed by atoms with E-state index >= 15 is 0 Å². The normalized spacial score (nSPS) is 36.1. The highest BCUT2D eigenvalue weighted by atomic mass is 16.3. The molecule has 0 radical (unpaired) electrons. The van der Waals surface area contributed by atoms with Gasteiger partial charge in [0, 0.05) is 25.4 Å². The van der Waals surface area contributed by atoms with Crippen LogP contribution in [0.3, 0.4) is 0 Å². The highest BCUT2D eigenvalue weighted by Crippen LogP contribution is 2.59. The molecule has 7 heteroatoms. The van der Waals surface area contributed by atoms with Gasteiger partial charge in [-0.15, -0.1) is 0 Å². The van der Waals surface area contributed by atoms with E-state index < -0.39 is 5.54 Å². The lowest BCUT2D eigenvalue weighted by molar-refractivity contribution is -0.134. The van der Waals surface area contributed by atoms with Crippen molar-refractivity contribution in [3.8, 4) is 0 Å². The first-order valence-corrected chi connectivity index (χ1v) is 9.46. The summed E-state index contributed by atoms with van der Waals surface area (Å²) in [4.78, 5) is 43.9. The molecule has 7 nitrogen and oxygen atoms in total. The Morgan fingerprint density at radius 1 is 1.35 bits per heavy atom. The van der Waals surface area contributed by atoms with Crippen LogP contribution >= 0.6 is 0 Å². The summed E-state index contributed by atoms with van der Waals surface area (Å²) in [5.41, 5.74) is -0.927. The van der Waals surface area contributed by atoms with E-state index in [1.54, 1.807) is 16.1 Å². The molecule has 1 aromatic heterocycles. The van der Waals surface area contributed by atoms with Gasteiger partial charge in [0.1, 0.15) is 11.3 Å². The maximum Gasteiger partial charge on any atom is 0.328 e. The fourth-order valence-electron chi connectivity index (χ4n) is 5.50. The van der Waals surface area contributed by atoms with Crippen molar-refractivity contribution < 1.29 is 18.8 Å². The zero-order valence-corrected chi connectivity index (χ0v) is 15.1. The maximum absolute atomic E-state index is 13.5. The third-order valence-electron chi connectivity index (χ3n) is 6.76. The Morgan fingerprint density at radius 3 is 2.69 bits per heavy atom. The van der Waals surface area contributed by atoms with Crippen LogP contribution in [0.25, 0.3) is 0 Å². The molecule has 0 bridgehead atoms. The topological polar surface area (TPSA) is 74.1 Å². The molecule has 0 N–H and O–H groups in total. The Kier molecular flexibility index (Phi) is 3.13. The summed E-state index contributed by atoms with van der Waals surface area (Å²) in [5.74, 6) is 0.639. The zero-order chi connectivity index (χ0) is 18.2. The molecule has 138 valence electrons. The number of nitrogens with zero attached hydrogens (tertiary/aromatic N) is 3. The Labute approximate surface area is 151 Å². The van der Waals surface area contributed by atoms with Gasteiger partial charge in [0.05, 0.1) is 18.8 Å². The summed E-state index contributed by atoms with van der Waals surface area (Å²) in [7, 11) is 0. The van der Waals surface area contributed by atoms with Gasteiger partial charge in [0.15, 0.2) is 0 Å². The van der Waals surface area contributed by atoms with Crippen molar-refractivity contribution >= 4 is 17.8 Å². The van der Waals surface area contributed by atoms with Gasteiger partial charge in [-0.2, -0.15) is 0 Å². The van der Waals surface area contributed by atoms with Crippen molar-refractivity contribution in [2.75, 3.05) is 13.1 Å². The van der Waals surface area contributed by atoms with Crippen molar-refractivity contribution in [2.45, 2.75) is 50.7 Å². The van der Waals surface area contributed by atoms with Gasteiger partial charge in [-0.3, -0.25) is 19.4 Å². The summed E-state index contributed by atoms with van der Waals surface area (Å²) in [6.07, 6.45) is 4.20. The summed E-state index contributed by atoms with van der Waals surface area (Å²) in [6, 6.07) is 3.30. The molecule has 1 aromatic rings. The van der Waals surface area contributed by atoms with Crippen LogP contribution in [0.15, 0.2) is 22.8 Å². The molecule has 4 amide bonds. The number of likely N-dealkylation sites (tertiary alicyclic amines) is 1. The quantitative estimate of drug-likeness (QED) is 0.776. The lowest BCUT2D eigenvalue weighted by Crippen LogP contribution is -2.52. The van der Waals surface area contributed by atoms with E-state index in [0.717, 1.165) is 25.0 Å². The molecular formula is C19H23N3O4. The molecule has 4 atom stereocenters. The predicted molar refractivity (Wildman–Crippen MR) is 90.8 cm³/mol. The van der Waals surface area contributed by atoms with Gasteiger partial charge < -0.3 is 9.32 Å². The van der Waals surface area contributed by atoms with E-state index in [1.807, 2.05) is 12.1 Å². The second-order valence-corrected chi connectivity index (χ2v) is 8.02. The number of imide groups is 1. The smallest absolute Gasteiger partial charge is 0.328 e. The van der Waals surface area contributed by atoms with E-state index in [0.29, 0.717) is 13.1 Å². The zero-order valence-electron chi connectivity index (χ0n) is 15.1. The summed E-state index contributed by atoms with van der Waals surface area (Å²) < 4.78 is 5.68. The van der Waals surface area contributed by atoms with Crippen molar-refractivity contribution in [1.82, 2.24) is 14.7 Å². The predicted octanol–water partition coefficient (Wildman–Crippen LogP) is 2.00. The number of carbonyl (C=O) groups is 3. The minimum absolute atomic E-state index is 0.0272. The van der Waals surface area contributed by atoms with E-state index in [-0.39, 0.29) is 41.8 Å². The lowest BCUT2D eigenvalue weighted by Gasteiger charge is -2.31. The van der Waals surface area contributed by atoms with E-state index in [4.69, 9.17) is 4.42 Å². The number of furan rings is 1. The largest absolute Gasteiger partial charge is 0.467 e. The monoisotopic (exact) mass is 357 g/mol. The molecule has 1 aliphatic carbocycles. The molecule has 0 aromatic carbocycles. The van der Waals surface area contributed by atoms with E-state index in [1.165, 1.54) is 11.8 Å². The second-order valence-electron chi connectivity index (χ2n) is 8.02. The van der Waals surface area contributed by atoms with Crippen LogP contribution in [0.2, 0.25) is 0 Å². The molecule has 4 fully saturated rings. The van der Waals surface area contributed by atoms with Gasteiger partial charge in [-0.05, 0) is 30.9 Å². The standard InChI is InChI=1S/C19H23N3O4/c1-3-13-14-9-20(11(2)23)10-19(14)17(24)21(12-6-7-12)18(25)22(19)16(13)15-5-4-8-26-15/h4-5,8,12-14,16H,3,6-7,9-10H2,1-2H3/t13-,14+,16-,19+/m1/s1. The first-order valence-electron chi connectivity index (χ1n) is 9.46. The molecule has 26 heavy (non-hydrogen) atoms. The third kappa shape index (κ3) is 1.76. The Hall–Kier alpha value is -2.31. The second kappa shape index (κ2) is 5.11. The molecule has 1 saturated carbocycles. The molecule has 3 saturated heterocycles. The average molecular weight is 357 g/mol. The molecular weight excluding hydrogens is 334 g/mol. The molecule has 3 aliphatic heterocycles. The van der Waals surface area contributed by atoms with Crippen molar-refractivity contribution in [1.29, 1.82) is 0 Å². The number of hydrogen-bond donors (Lipinski definition) is 0. The number of hydrogen-bond acceptors (Lipinski definition) is 4. The Balaban J connectivity index is 1.66. The number of carbonyl (C=O) groups excluding carboxylic acids is 3. The van der Waals surface area contributed by atoms with Gasteiger partial charge >= 0.3 is 6.03 Å². The minimum atomic E-state index is -0.927. The van der Waals surface area contributed by atoms with E-state index in [9.17, 15) is 14.4 Å². The number of rotatable bonds is 3. The van der Waals surface area contributed by atoms with Crippen LogP contribution in [0.4, 0.5) is 4.79 Å². The minimum Gasteiger partial charge on any atom is -0.467 e. The van der Waals surface area contributed by atoms with Crippen LogP contribution in [-0.2, 0) is 9.59 Å². The highest BCUT2D eigenvalue weighted by molar-refractivity contribution is 6.09. The van der Waals surface area contributed by atoms with Gasteiger partial charge in [-0.1, -0.05) is 13.3 Å². The van der Waals surface area contributed by atoms with Crippen LogP contribution in [0.5, 0.6) is 0 Å². The third-order valence-corrected chi connectivity index (χ3v) is 6.76. The molecule has 4 aliphatic rings. The summed E-state index contributed by atoms with van der Waals surface area (Å²) in [6.45, 7) is 4.45. The molecule has 0 unspecified atom stereocenters. The molecule has 1 spiro atoms. The fraction of sp³-hybridized carbons (Fsp3) is 0.632. The highest BCUT2D eigenvalue weighted by Gasteiger charge is 2.74. The number of urea groups is 1. The molecule has 5 rings (SSSR count). The van der Waals surface area contributed by atoms with Crippen LogP contribution in [0.1, 0.15) is 44.9 Å². The number of amides is 4. The van der Waals surface area contributed by atoms with Crippen LogP contribution < -0.4 is 0 Å². The Bertz CT molecular complexity index is 787. The van der Waals surface area contributed by atoms with Gasteiger partial charge in [0.25, 0.3) is 5.91 Å². The molecule has 4 heterocycles. The van der Waals surface area contributed by atoms with Crippen LogP contribution in [-0.4, -0.2) is 57.2 Å². The average Bonchev–Trinajstić information content (AvgIpc) is 3.00. The van der Waals surface area contributed by atoms with Crippen molar-refractivity contribution in [2.24, 2.45) is 11.8 Å². The summed E-state index contributed by atoms with van der Waals surface area (Å²) >= 11 is 0. The first-order chi connectivity index (χ1) is 12.5. The Morgan fingerprint density at radius 2 is 2.12 bits per heavy atom. The van der Waals surface area contributed by atoms with E-state index in [2.05, 4.69) is 6.92 Å². The first kappa shape index (κ1) is 15.9. The SMILES string of the molecule is CC[C@H]1[C@H](c2ccco2)N2C(=O)N(C3CC3)C(=O)[C@@]23CN(C(C)=O)C[C@@H]13. The van der Waals surface area contributed by atoms with Gasteiger partial charge in [0.2, 0.25) is 5.91 Å². The fourth-order valence-corrected chi connectivity index (χ4v) is 5.50. The van der Waals surface area contributed by atoms with Crippen molar-refractivity contribution in [3.05, 3.63) is 24.2 Å².